The predicted molar refractivity (Wildman–Crippen MR) is 132 cm³/mol. The summed E-state index contributed by atoms with van der Waals surface area (Å²) in [6.45, 7) is 12.1. The van der Waals surface area contributed by atoms with Gasteiger partial charge < -0.3 is 9.84 Å². The van der Waals surface area contributed by atoms with Crippen LogP contribution in [0.2, 0.25) is 0 Å². The molecule has 0 saturated heterocycles. The molecule has 0 aromatic rings. The van der Waals surface area contributed by atoms with Crippen molar-refractivity contribution in [3.8, 4) is 0 Å². The lowest BCUT2D eigenvalue weighted by molar-refractivity contribution is -0.218. The maximum Gasteiger partial charge on any atom is 0.216 e. The maximum absolute atomic E-state index is 17.4. The molecule has 8 atom stereocenters. The van der Waals surface area contributed by atoms with Crippen molar-refractivity contribution < 1.29 is 23.8 Å². The molecule has 3 fully saturated rings. The molecule has 1 heterocycles. The normalized spacial score (nSPS) is 47.6. The van der Waals surface area contributed by atoms with E-state index >= 15 is 4.39 Å². The van der Waals surface area contributed by atoms with Crippen molar-refractivity contribution in [2.45, 2.75) is 96.3 Å². The van der Waals surface area contributed by atoms with Gasteiger partial charge in [0.2, 0.25) is 5.78 Å². The number of thioether (sulfide) groups is 1. The molecule has 5 rings (SSSR count). The zero-order valence-electron chi connectivity index (χ0n) is 21.1. The highest BCUT2D eigenvalue weighted by Gasteiger charge is 2.78. The van der Waals surface area contributed by atoms with Crippen LogP contribution in [0.5, 0.6) is 0 Å². The second-order valence-corrected chi connectivity index (χ2v) is 13.4. The summed E-state index contributed by atoms with van der Waals surface area (Å²) in [5.41, 5.74) is -3.86. The number of hydrogen-bond donors (Lipinski definition) is 1. The van der Waals surface area contributed by atoms with Crippen molar-refractivity contribution in [2.75, 3.05) is 0 Å². The molecule has 34 heavy (non-hydrogen) atoms. The van der Waals surface area contributed by atoms with Crippen LogP contribution in [0.1, 0.15) is 73.6 Å². The summed E-state index contributed by atoms with van der Waals surface area (Å²) < 4.78 is 24.0. The van der Waals surface area contributed by atoms with Gasteiger partial charge in [-0.05, 0) is 50.7 Å². The fraction of sp³-hybridized carbons (Fsp3) is 0.714. The number of rotatable bonds is 3. The number of allylic oxidation sites excluding steroid dienone is 5. The highest BCUT2D eigenvalue weighted by molar-refractivity contribution is 8.04. The van der Waals surface area contributed by atoms with Gasteiger partial charge in [0, 0.05) is 34.3 Å². The van der Waals surface area contributed by atoms with E-state index in [2.05, 4.69) is 27.7 Å². The first-order chi connectivity index (χ1) is 15.9. The minimum absolute atomic E-state index is 0.0323. The molecule has 0 aromatic heterocycles. The largest absolute Gasteiger partial charge is 0.481 e. The second kappa shape index (κ2) is 7.55. The van der Waals surface area contributed by atoms with Gasteiger partial charge in [-0.2, -0.15) is 0 Å². The lowest BCUT2D eigenvalue weighted by Crippen LogP contribution is -2.69. The smallest absolute Gasteiger partial charge is 0.216 e. The van der Waals surface area contributed by atoms with Crippen molar-refractivity contribution in [1.29, 1.82) is 0 Å². The maximum atomic E-state index is 17.4. The van der Waals surface area contributed by atoms with Crippen LogP contribution in [0.4, 0.5) is 4.39 Å². The Morgan fingerprint density at radius 1 is 1.26 bits per heavy atom. The number of Topliss-reactive ketones (excluding diaryl/α,β-unsaturated/α-hetero) is 1. The fourth-order valence-electron chi connectivity index (χ4n) is 8.40. The third kappa shape index (κ3) is 2.70. The van der Waals surface area contributed by atoms with Gasteiger partial charge in [-0.25, -0.2) is 4.39 Å². The van der Waals surface area contributed by atoms with E-state index in [-0.39, 0.29) is 35.1 Å². The molecule has 1 spiro atoms. The Morgan fingerprint density at radius 3 is 2.62 bits per heavy atom. The number of carbonyl (C=O) groups excluding carboxylic acids is 2. The fourth-order valence-corrected chi connectivity index (χ4v) is 9.45. The minimum atomic E-state index is -1.89. The van der Waals surface area contributed by atoms with E-state index in [1.165, 1.54) is 6.08 Å². The number of halogens is 1. The van der Waals surface area contributed by atoms with E-state index in [1.807, 2.05) is 13.8 Å². The predicted octanol–water partition coefficient (Wildman–Crippen LogP) is 5.70. The zero-order valence-corrected chi connectivity index (χ0v) is 21.9. The molecule has 0 aromatic carbocycles. The molecule has 0 bridgehead atoms. The second-order valence-electron chi connectivity index (χ2n) is 11.8. The van der Waals surface area contributed by atoms with Crippen LogP contribution < -0.4 is 0 Å². The topological polar surface area (TPSA) is 63.6 Å². The van der Waals surface area contributed by atoms with Crippen molar-refractivity contribution in [3.05, 3.63) is 34.5 Å². The van der Waals surface area contributed by atoms with Crippen LogP contribution in [-0.4, -0.2) is 39.3 Å². The number of hydrogen-bond acceptors (Lipinski definition) is 5. The van der Waals surface area contributed by atoms with E-state index < -0.39 is 34.1 Å². The first kappa shape index (κ1) is 24.3. The van der Waals surface area contributed by atoms with Crippen molar-refractivity contribution >= 4 is 23.3 Å². The number of fused-ring (bicyclic) bond motifs is 6. The van der Waals surface area contributed by atoms with Gasteiger partial charge >= 0.3 is 0 Å². The summed E-state index contributed by atoms with van der Waals surface area (Å²) in [6.07, 6.45) is 6.14. The van der Waals surface area contributed by atoms with Crippen molar-refractivity contribution in [3.63, 3.8) is 0 Å². The summed E-state index contributed by atoms with van der Waals surface area (Å²) in [7, 11) is 0. The van der Waals surface area contributed by atoms with Crippen molar-refractivity contribution in [2.24, 2.45) is 28.6 Å². The van der Waals surface area contributed by atoms with Crippen LogP contribution in [0.3, 0.4) is 0 Å². The number of carbonyl (C=O) groups is 2. The Morgan fingerprint density at radius 2 is 1.97 bits per heavy atom. The van der Waals surface area contributed by atoms with Crippen LogP contribution in [0.25, 0.3) is 0 Å². The average molecular weight is 489 g/mol. The van der Waals surface area contributed by atoms with Gasteiger partial charge in [-0.15, -0.1) is 11.8 Å². The lowest BCUT2D eigenvalue weighted by atomic mass is 9.44. The van der Waals surface area contributed by atoms with Crippen molar-refractivity contribution in [1.82, 2.24) is 0 Å². The van der Waals surface area contributed by atoms with Crippen LogP contribution >= 0.6 is 11.8 Å². The van der Waals surface area contributed by atoms with E-state index in [4.69, 9.17) is 4.74 Å². The number of ketones is 2. The monoisotopic (exact) mass is 488 g/mol. The van der Waals surface area contributed by atoms with Gasteiger partial charge in [0.25, 0.3) is 0 Å². The molecular formula is C28H37FO4S. The molecule has 0 radical (unpaired) electrons. The molecule has 6 heteroatoms. The number of aliphatic hydroxyl groups is 1. The third-order valence-corrected chi connectivity index (χ3v) is 11.1. The molecule has 0 amide bonds. The summed E-state index contributed by atoms with van der Waals surface area (Å²) in [5, 5.41) is 11.8. The highest BCUT2D eigenvalue weighted by Crippen LogP contribution is 2.73. The van der Waals surface area contributed by atoms with E-state index in [1.54, 1.807) is 23.9 Å². The van der Waals surface area contributed by atoms with Gasteiger partial charge in [0.1, 0.15) is 5.76 Å². The van der Waals surface area contributed by atoms with E-state index in [0.717, 1.165) is 11.3 Å². The van der Waals surface area contributed by atoms with Gasteiger partial charge in [-0.3, -0.25) is 9.59 Å². The molecule has 3 saturated carbocycles. The zero-order chi connectivity index (χ0) is 24.8. The first-order valence-corrected chi connectivity index (χ1v) is 13.7. The molecule has 1 aliphatic heterocycles. The Bertz CT molecular complexity index is 1050. The molecule has 186 valence electrons. The summed E-state index contributed by atoms with van der Waals surface area (Å²) in [6, 6.07) is 0. The number of ether oxygens (including phenoxy) is 1. The van der Waals surface area contributed by atoms with Gasteiger partial charge in [0.15, 0.2) is 17.1 Å². The van der Waals surface area contributed by atoms with Crippen LogP contribution in [-0.2, 0) is 14.3 Å². The molecule has 4 nitrogen and oxygen atoms in total. The average Bonchev–Trinajstić information content (AvgIpc) is 3.17. The lowest BCUT2D eigenvalue weighted by Gasteiger charge is -2.62. The number of alkyl halides is 1. The summed E-state index contributed by atoms with van der Waals surface area (Å²) in [4.78, 5) is 26.9. The van der Waals surface area contributed by atoms with Crippen LogP contribution in [0, 0.1) is 28.6 Å². The quantitative estimate of drug-likeness (QED) is 0.552. The molecule has 5 aliphatic rings. The third-order valence-electron chi connectivity index (χ3n) is 9.94. The Hall–Kier alpha value is -1.40. The standard InChI is InChI=1S/C28H37FO4S/c1-7-21-23(34-15(2)3)24(32)28(33-21)16(4)12-20-19-9-8-17-13-18(30)10-11-25(17,5)27(19,29)22(31)14-26(20,28)6/h10-11,13,15-16,19-20,22,31H,7-9,12,14H2,1-6H3/t16-,19-,20-,22-,25-,26-,27-,28?/m0/s1. The number of aliphatic hydroxyl groups excluding tert-OH is 1. The van der Waals surface area contributed by atoms with E-state index in [0.29, 0.717) is 30.6 Å². The van der Waals surface area contributed by atoms with E-state index in [9.17, 15) is 14.7 Å². The summed E-state index contributed by atoms with van der Waals surface area (Å²) in [5.74, 6) is 0.0848. The Labute approximate surface area is 206 Å². The molecule has 1 unspecified atom stereocenters. The minimum Gasteiger partial charge on any atom is -0.481 e. The summed E-state index contributed by atoms with van der Waals surface area (Å²) >= 11 is 1.56. The van der Waals surface area contributed by atoms with Gasteiger partial charge in [0.05, 0.1) is 11.0 Å². The Balaban J connectivity index is 1.59. The SMILES string of the molecule is CCC1=C(SC(C)C)C(=O)C2(O1)[C@@H](C)C[C@H]1[C@@H]3CCC4=CC(=O)C=C[C@]4(C)[C@@]3(F)[C@@H](O)C[C@@]12C. The Kier molecular flexibility index (Phi) is 5.40. The highest BCUT2D eigenvalue weighted by atomic mass is 32.2. The van der Waals surface area contributed by atoms with Gasteiger partial charge in [-0.1, -0.05) is 46.3 Å². The molecule has 4 aliphatic carbocycles. The van der Waals surface area contributed by atoms with Crippen LogP contribution in [0.15, 0.2) is 34.5 Å². The molecular weight excluding hydrogens is 451 g/mol. The first-order valence-electron chi connectivity index (χ1n) is 12.8. The molecule has 1 N–H and O–H groups in total.